The summed E-state index contributed by atoms with van der Waals surface area (Å²) in [6.07, 6.45) is 0.921. The summed E-state index contributed by atoms with van der Waals surface area (Å²) >= 11 is 0. The van der Waals surface area contributed by atoms with Crippen molar-refractivity contribution in [3.8, 4) is 0 Å². The molecule has 2 N–H and O–H groups in total. The van der Waals surface area contributed by atoms with E-state index in [0.717, 1.165) is 16.7 Å². The van der Waals surface area contributed by atoms with Gasteiger partial charge in [0.2, 0.25) is 11.8 Å². The molecule has 0 aliphatic carbocycles. The highest BCUT2D eigenvalue weighted by Crippen LogP contribution is 2.17. The Morgan fingerprint density at radius 1 is 0.848 bits per heavy atom. The summed E-state index contributed by atoms with van der Waals surface area (Å²) in [5.74, 6) is -0.830. The van der Waals surface area contributed by atoms with Gasteiger partial charge in [0, 0.05) is 26.1 Å². The number of amides is 2. The first-order valence-corrected chi connectivity index (χ1v) is 11.1. The molecule has 0 fully saturated rings. The minimum atomic E-state index is -0.757. The lowest BCUT2D eigenvalue weighted by Gasteiger charge is -2.31. The lowest BCUT2D eigenvalue weighted by molar-refractivity contribution is -0.140. The predicted octanol–water partition coefficient (Wildman–Crippen LogP) is 3.51. The van der Waals surface area contributed by atoms with Crippen LogP contribution in [0.25, 0.3) is 0 Å². The number of hydrogen-bond donors (Lipinski definition) is 2. The van der Waals surface area contributed by atoms with Crippen LogP contribution in [0.5, 0.6) is 0 Å². The number of rotatable bonds is 11. The molecule has 2 amide bonds. The van der Waals surface area contributed by atoms with E-state index in [0.29, 0.717) is 19.4 Å². The van der Waals surface area contributed by atoms with Crippen LogP contribution < -0.4 is 5.32 Å². The SMILES string of the molecule is O=C(NCCCO)C(Cc1ccccc1)N(Cc1ccc(F)cc1)C(=O)Cc1ccccc1. The second-order valence-corrected chi connectivity index (χ2v) is 7.88. The third-order valence-corrected chi connectivity index (χ3v) is 5.37. The largest absolute Gasteiger partial charge is 0.396 e. The summed E-state index contributed by atoms with van der Waals surface area (Å²) in [6.45, 7) is 0.463. The highest BCUT2D eigenvalue weighted by atomic mass is 19.1. The van der Waals surface area contributed by atoms with E-state index in [4.69, 9.17) is 5.11 Å². The zero-order valence-electron chi connectivity index (χ0n) is 18.5. The standard InChI is InChI=1S/C27H29FN2O3/c28-24-14-12-23(13-15-24)20-30(26(32)19-22-10-5-2-6-11-22)25(27(33)29-16-7-17-31)18-21-8-3-1-4-9-21/h1-6,8-15,25,31H,7,16-20H2,(H,29,33). The molecule has 1 unspecified atom stereocenters. The Bertz CT molecular complexity index is 1010. The lowest BCUT2D eigenvalue weighted by atomic mass is 10.0. The molecule has 3 rings (SSSR count). The zero-order valence-corrected chi connectivity index (χ0v) is 18.5. The molecular formula is C27H29FN2O3. The Morgan fingerprint density at radius 2 is 1.45 bits per heavy atom. The van der Waals surface area contributed by atoms with Crippen LogP contribution in [0.3, 0.4) is 0 Å². The zero-order chi connectivity index (χ0) is 23.5. The average Bonchev–Trinajstić information content (AvgIpc) is 2.84. The minimum Gasteiger partial charge on any atom is -0.396 e. The number of carbonyl (C=O) groups is 2. The van der Waals surface area contributed by atoms with Gasteiger partial charge in [-0.3, -0.25) is 9.59 Å². The summed E-state index contributed by atoms with van der Waals surface area (Å²) in [4.78, 5) is 28.3. The van der Waals surface area contributed by atoms with Gasteiger partial charge in [-0.05, 0) is 35.2 Å². The fourth-order valence-corrected chi connectivity index (χ4v) is 3.62. The quantitative estimate of drug-likeness (QED) is 0.441. The van der Waals surface area contributed by atoms with Crippen LogP contribution >= 0.6 is 0 Å². The number of nitrogens with zero attached hydrogens (tertiary/aromatic N) is 1. The molecule has 1 atom stereocenters. The van der Waals surface area contributed by atoms with Gasteiger partial charge >= 0.3 is 0 Å². The van der Waals surface area contributed by atoms with Crippen LogP contribution in [-0.2, 0) is 29.0 Å². The summed E-state index contributed by atoms with van der Waals surface area (Å²) in [5.41, 5.74) is 2.52. The van der Waals surface area contributed by atoms with Crippen molar-refractivity contribution in [1.82, 2.24) is 10.2 Å². The van der Waals surface area contributed by atoms with E-state index in [1.807, 2.05) is 60.7 Å². The Balaban J connectivity index is 1.91. The predicted molar refractivity (Wildman–Crippen MR) is 126 cm³/mol. The molecule has 0 spiro atoms. The first kappa shape index (κ1) is 24.1. The van der Waals surface area contributed by atoms with Crippen molar-refractivity contribution in [3.63, 3.8) is 0 Å². The molecule has 3 aromatic carbocycles. The van der Waals surface area contributed by atoms with Gasteiger partial charge in [-0.1, -0.05) is 72.8 Å². The van der Waals surface area contributed by atoms with Gasteiger partial charge in [0.05, 0.1) is 6.42 Å². The maximum absolute atomic E-state index is 13.5. The minimum absolute atomic E-state index is 0.0319. The van der Waals surface area contributed by atoms with Crippen molar-refractivity contribution in [2.24, 2.45) is 0 Å². The van der Waals surface area contributed by atoms with Crippen LogP contribution in [0.15, 0.2) is 84.9 Å². The van der Waals surface area contributed by atoms with Crippen molar-refractivity contribution in [1.29, 1.82) is 0 Å². The monoisotopic (exact) mass is 448 g/mol. The number of carbonyl (C=O) groups excluding carboxylic acids is 2. The molecule has 0 radical (unpaired) electrons. The number of benzene rings is 3. The van der Waals surface area contributed by atoms with Crippen LogP contribution in [0.1, 0.15) is 23.1 Å². The second kappa shape index (κ2) is 12.5. The van der Waals surface area contributed by atoms with E-state index in [1.54, 1.807) is 17.0 Å². The van der Waals surface area contributed by atoms with Crippen molar-refractivity contribution in [3.05, 3.63) is 107 Å². The summed E-state index contributed by atoms with van der Waals surface area (Å²) in [6, 6.07) is 24.1. The molecule has 0 saturated carbocycles. The van der Waals surface area contributed by atoms with Gasteiger partial charge in [-0.2, -0.15) is 0 Å². The highest BCUT2D eigenvalue weighted by molar-refractivity contribution is 5.88. The van der Waals surface area contributed by atoms with E-state index < -0.39 is 6.04 Å². The molecule has 3 aromatic rings. The normalized spacial score (nSPS) is 11.6. The first-order chi connectivity index (χ1) is 16.1. The number of aliphatic hydroxyl groups excluding tert-OH is 1. The average molecular weight is 449 g/mol. The van der Waals surface area contributed by atoms with Gasteiger partial charge in [-0.15, -0.1) is 0 Å². The van der Waals surface area contributed by atoms with Gasteiger partial charge < -0.3 is 15.3 Å². The van der Waals surface area contributed by atoms with E-state index >= 15 is 0 Å². The Morgan fingerprint density at radius 3 is 2.06 bits per heavy atom. The molecule has 33 heavy (non-hydrogen) atoms. The molecule has 0 aliphatic rings. The topological polar surface area (TPSA) is 69.6 Å². The summed E-state index contributed by atoms with van der Waals surface area (Å²) in [7, 11) is 0. The third-order valence-electron chi connectivity index (χ3n) is 5.37. The van der Waals surface area contributed by atoms with Crippen LogP contribution in [0.4, 0.5) is 4.39 Å². The van der Waals surface area contributed by atoms with Crippen molar-refractivity contribution in [2.45, 2.75) is 31.8 Å². The summed E-state index contributed by atoms with van der Waals surface area (Å²) < 4.78 is 13.5. The highest BCUT2D eigenvalue weighted by Gasteiger charge is 2.30. The molecule has 172 valence electrons. The van der Waals surface area contributed by atoms with Crippen LogP contribution in [0, 0.1) is 5.82 Å². The maximum atomic E-state index is 13.5. The second-order valence-electron chi connectivity index (χ2n) is 7.88. The third kappa shape index (κ3) is 7.54. The molecule has 0 aliphatic heterocycles. The number of aliphatic hydroxyl groups is 1. The molecule has 0 aromatic heterocycles. The number of nitrogens with one attached hydrogen (secondary N) is 1. The van der Waals surface area contributed by atoms with Crippen LogP contribution in [0.2, 0.25) is 0 Å². The number of halogens is 1. The van der Waals surface area contributed by atoms with Crippen molar-refractivity contribution < 1.29 is 19.1 Å². The van der Waals surface area contributed by atoms with Gasteiger partial charge in [0.25, 0.3) is 0 Å². The Labute approximate surface area is 193 Å². The molecule has 6 heteroatoms. The first-order valence-electron chi connectivity index (χ1n) is 11.1. The van der Waals surface area contributed by atoms with E-state index in [1.165, 1.54) is 12.1 Å². The molecule has 0 bridgehead atoms. The summed E-state index contributed by atoms with van der Waals surface area (Å²) in [5, 5.41) is 11.9. The smallest absolute Gasteiger partial charge is 0.243 e. The van der Waals surface area contributed by atoms with Gasteiger partial charge in [0.1, 0.15) is 11.9 Å². The molecular weight excluding hydrogens is 419 g/mol. The fraction of sp³-hybridized carbons (Fsp3) is 0.259. The van der Waals surface area contributed by atoms with E-state index in [-0.39, 0.29) is 37.2 Å². The Kier molecular flexibility index (Phi) is 9.15. The molecule has 0 heterocycles. The van der Waals surface area contributed by atoms with Crippen LogP contribution in [-0.4, -0.2) is 41.0 Å². The lowest BCUT2D eigenvalue weighted by Crippen LogP contribution is -2.51. The van der Waals surface area contributed by atoms with Crippen molar-refractivity contribution in [2.75, 3.05) is 13.2 Å². The molecule has 5 nitrogen and oxygen atoms in total. The van der Waals surface area contributed by atoms with E-state index in [9.17, 15) is 14.0 Å². The number of hydrogen-bond acceptors (Lipinski definition) is 3. The maximum Gasteiger partial charge on any atom is 0.243 e. The van der Waals surface area contributed by atoms with Crippen molar-refractivity contribution >= 4 is 11.8 Å². The van der Waals surface area contributed by atoms with Gasteiger partial charge in [-0.25, -0.2) is 4.39 Å². The van der Waals surface area contributed by atoms with Gasteiger partial charge in [0.15, 0.2) is 0 Å². The fourth-order valence-electron chi connectivity index (χ4n) is 3.62. The van der Waals surface area contributed by atoms with E-state index in [2.05, 4.69) is 5.32 Å². The molecule has 0 saturated heterocycles. The Hall–Kier alpha value is -3.51.